The zero-order valence-electron chi connectivity index (χ0n) is 9.26. The van der Waals surface area contributed by atoms with Gasteiger partial charge >= 0.3 is 0 Å². The second kappa shape index (κ2) is 10.2. The lowest BCUT2D eigenvalue weighted by Crippen LogP contribution is -2.01. The first-order valence-corrected chi connectivity index (χ1v) is 4.54. The van der Waals surface area contributed by atoms with Crippen molar-refractivity contribution in [2.45, 2.75) is 34.6 Å². The number of hydrogen-bond acceptors (Lipinski definition) is 0. The van der Waals surface area contributed by atoms with Gasteiger partial charge in [0.2, 0.25) is 0 Å². The monoisotopic (exact) mass is 168 g/mol. The molecule has 12 heavy (non-hydrogen) atoms. The van der Waals surface area contributed by atoms with E-state index in [-0.39, 0.29) is 0 Å². The summed E-state index contributed by atoms with van der Waals surface area (Å²) in [6, 6.07) is 0. The van der Waals surface area contributed by atoms with E-state index in [4.69, 9.17) is 0 Å². The molecule has 0 saturated heterocycles. The molecule has 0 aromatic carbocycles. The standard InChI is InChI=1S/C9H16N.C2H6/c1-5-7-8-10(4)9(3)6-2;1-2/h5-8H,1-4H3;1-2H3/q+1;/b7-5-,9-6-,10-8-;. The lowest BCUT2D eigenvalue weighted by atomic mass is 10.4. The minimum atomic E-state index is 1.26. The van der Waals surface area contributed by atoms with Gasteiger partial charge in [-0.1, -0.05) is 19.9 Å². The fraction of sp³-hybridized carbons (Fsp3) is 0.545. The summed E-state index contributed by atoms with van der Waals surface area (Å²) >= 11 is 0. The maximum atomic E-state index is 2.08. The van der Waals surface area contributed by atoms with E-state index in [1.165, 1.54) is 5.70 Å². The average Bonchev–Trinajstić information content (AvgIpc) is 2.16. The van der Waals surface area contributed by atoms with E-state index >= 15 is 0 Å². The molecule has 0 saturated carbocycles. The summed E-state index contributed by atoms with van der Waals surface area (Å²) in [5, 5.41) is 0. The van der Waals surface area contributed by atoms with Crippen molar-refractivity contribution < 1.29 is 4.58 Å². The molecule has 70 valence electrons. The minimum absolute atomic E-state index is 1.26. The lowest BCUT2D eigenvalue weighted by molar-refractivity contribution is -0.437. The Hall–Kier alpha value is -0.850. The summed E-state index contributed by atoms with van der Waals surface area (Å²) < 4.78 is 2.08. The van der Waals surface area contributed by atoms with Crippen molar-refractivity contribution in [3.8, 4) is 0 Å². The summed E-state index contributed by atoms with van der Waals surface area (Å²) in [6.07, 6.45) is 8.15. The Morgan fingerprint density at radius 2 is 1.67 bits per heavy atom. The van der Waals surface area contributed by atoms with Gasteiger partial charge in [-0.2, -0.15) is 0 Å². The molecule has 0 bridgehead atoms. The molecule has 0 aliphatic carbocycles. The number of nitrogens with zero attached hydrogens (tertiary/aromatic N) is 1. The van der Waals surface area contributed by atoms with Gasteiger partial charge < -0.3 is 0 Å². The first-order valence-electron chi connectivity index (χ1n) is 4.54. The van der Waals surface area contributed by atoms with E-state index in [1.54, 1.807) is 0 Å². The third kappa shape index (κ3) is 7.26. The molecule has 0 aliphatic heterocycles. The second-order valence-corrected chi connectivity index (χ2v) is 2.22. The van der Waals surface area contributed by atoms with Gasteiger partial charge in [0.15, 0.2) is 11.9 Å². The molecule has 0 atom stereocenters. The molecular weight excluding hydrogens is 146 g/mol. The van der Waals surface area contributed by atoms with Gasteiger partial charge in [-0.3, -0.25) is 0 Å². The molecule has 1 heteroatoms. The van der Waals surface area contributed by atoms with Gasteiger partial charge in [0, 0.05) is 6.92 Å². The molecule has 0 unspecified atom stereocenters. The highest BCUT2D eigenvalue weighted by Gasteiger charge is 1.93. The fourth-order valence-corrected chi connectivity index (χ4v) is 0.536. The maximum absolute atomic E-state index is 2.08. The molecular formula is C11H22N+. The van der Waals surface area contributed by atoms with Gasteiger partial charge in [0.25, 0.3) is 0 Å². The molecule has 0 spiro atoms. The van der Waals surface area contributed by atoms with Crippen LogP contribution >= 0.6 is 0 Å². The molecule has 0 rings (SSSR count). The normalized spacial score (nSPS) is 12.8. The zero-order chi connectivity index (χ0) is 9.98. The Morgan fingerprint density at radius 1 is 1.17 bits per heavy atom. The quantitative estimate of drug-likeness (QED) is 0.440. The summed E-state index contributed by atoms with van der Waals surface area (Å²) in [5.74, 6) is 0. The van der Waals surface area contributed by atoms with Crippen molar-refractivity contribution in [2.75, 3.05) is 7.05 Å². The minimum Gasteiger partial charge on any atom is -0.206 e. The maximum Gasteiger partial charge on any atom is 0.173 e. The Balaban J connectivity index is 0. The first-order chi connectivity index (χ1) is 5.72. The van der Waals surface area contributed by atoms with Gasteiger partial charge in [-0.05, 0) is 26.0 Å². The van der Waals surface area contributed by atoms with E-state index in [9.17, 15) is 0 Å². The topological polar surface area (TPSA) is 3.01 Å². The molecule has 0 amide bonds. The predicted octanol–water partition coefficient (Wildman–Crippen LogP) is 3.23. The van der Waals surface area contributed by atoms with Crippen molar-refractivity contribution in [2.24, 2.45) is 0 Å². The van der Waals surface area contributed by atoms with Crippen LogP contribution in [0.15, 0.2) is 23.9 Å². The van der Waals surface area contributed by atoms with Crippen LogP contribution in [0.2, 0.25) is 0 Å². The molecule has 0 N–H and O–H groups in total. The molecule has 0 aromatic heterocycles. The average molecular weight is 168 g/mol. The molecule has 0 fully saturated rings. The Kier molecular flexibility index (Phi) is 11.6. The molecule has 1 nitrogen and oxygen atoms in total. The van der Waals surface area contributed by atoms with Gasteiger partial charge in [-0.15, -0.1) is 0 Å². The van der Waals surface area contributed by atoms with Crippen LogP contribution in [-0.4, -0.2) is 17.8 Å². The van der Waals surface area contributed by atoms with Crippen LogP contribution in [0.3, 0.4) is 0 Å². The van der Waals surface area contributed by atoms with Crippen LogP contribution in [0.1, 0.15) is 34.6 Å². The van der Waals surface area contributed by atoms with E-state index in [2.05, 4.69) is 17.6 Å². The lowest BCUT2D eigenvalue weighted by Gasteiger charge is -1.90. The highest BCUT2D eigenvalue weighted by Crippen LogP contribution is 1.89. The smallest absolute Gasteiger partial charge is 0.173 e. The Labute approximate surface area is 77.1 Å². The van der Waals surface area contributed by atoms with Gasteiger partial charge in [0.05, 0.1) is 0 Å². The zero-order valence-corrected chi connectivity index (χ0v) is 9.26. The van der Waals surface area contributed by atoms with Crippen molar-refractivity contribution in [1.29, 1.82) is 0 Å². The number of rotatable bonds is 2. The summed E-state index contributed by atoms with van der Waals surface area (Å²) in [5.41, 5.74) is 1.26. The van der Waals surface area contributed by atoms with Crippen molar-refractivity contribution >= 4 is 6.21 Å². The fourth-order valence-electron chi connectivity index (χ4n) is 0.536. The largest absolute Gasteiger partial charge is 0.206 e. The molecule has 0 radical (unpaired) electrons. The van der Waals surface area contributed by atoms with E-state index in [0.29, 0.717) is 0 Å². The van der Waals surface area contributed by atoms with Crippen LogP contribution in [-0.2, 0) is 0 Å². The van der Waals surface area contributed by atoms with Crippen molar-refractivity contribution in [3.05, 3.63) is 23.9 Å². The summed E-state index contributed by atoms with van der Waals surface area (Å²) in [7, 11) is 2.04. The third-order valence-corrected chi connectivity index (χ3v) is 1.48. The molecule has 0 aliphatic rings. The van der Waals surface area contributed by atoms with E-state index in [0.717, 1.165) is 0 Å². The van der Waals surface area contributed by atoms with Crippen LogP contribution in [0.5, 0.6) is 0 Å². The second-order valence-electron chi connectivity index (χ2n) is 2.22. The predicted molar refractivity (Wildman–Crippen MR) is 57.8 cm³/mol. The van der Waals surface area contributed by atoms with Gasteiger partial charge in [-0.25, -0.2) is 4.58 Å². The van der Waals surface area contributed by atoms with Crippen LogP contribution in [0, 0.1) is 0 Å². The highest BCUT2D eigenvalue weighted by molar-refractivity contribution is 5.66. The molecule has 0 aromatic rings. The van der Waals surface area contributed by atoms with Gasteiger partial charge in [0.1, 0.15) is 7.05 Å². The van der Waals surface area contributed by atoms with Crippen molar-refractivity contribution in [1.82, 2.24) is 0 Å². The highest BCUT2D eigenvalue weighted by atomic mass is 15.0. The molecule has 0 heterocycles. The van der Waals surface area contributed by atoms with E-state index < -0.39 is 0 Å². The van der Waals surface area contributed by atoms with Crippen LogP contribution in [0.25, 0.3) is 0 Å². The Morgan fingerprint density at radius 3 is 2.00 bits per heavy atom. The third-order valence-electron chi connectivity index (χ3n) is 1.48. The summed E-state index contributed by atoms with van der Waals surface area (Å²) in [4.78, 5) is 0. The number of hydrogen-bond donors (Lipinski definition) is 0. The van der Waals surface area contributed by atoms with E-state index in [1.807, 2.05) is 53.1 Å². The van der Waals surface area contributed by atoms with Crippen LogP contribution < -0.4 is 0 Å². The first kappa shape index (κ1) is 13.7. The SMILES string of the molecule is CC.C\C=C/C=[N+](C)\C(C)=C/C. The summed E-state index contributed by atoms with van der Waals surface area (Å²) in [6.45, 7) is 10.1. The number of allylic oxidation sites excluding steroid dienone is 4. The van der Waals surface area contributed by atoms with Crippen LogP contribution in [0.4, 0.5) is 0 Å². The Bertz CT molecular complexity index is 173. The van der Waals surface area contributed by atoms with Crippen molar-refractivity contribution in [3.63, 3.8) is 0 Å².